The molecule has 0 unspecified atom stereocenters. The highest BCUT2D eigenvalue weighted by Gasteiger charge is 2.09. The number of ether oxygens (including phenoxy) is 1. The van der Waals surface area contributed by atoms with Gasteiger partial charge >= 0.3 is 0 Å². The topological polar surface area (TPSA) is 56.5 Å². The predicted molar refractivity (Wildman–Crippen MR) is 136 cm³/mol. The van der Waals surface area contributed by atoms with Crippen LogP contribution in [0.2, 0.25) is 10.0 Å². The third-order valence-electron chi connectivity index (χ3n) is 4.63. The van der Waals surface area contributed by atoms with Crippen LogP contribution in [0.15, 0.2) is 73.4 Å². The van der Waals surface area contributed by atoms with E-state index in [4.69, 9.17) is 27.9 Å². The summed E-state index contributed by atoms with van der Waals surface area (Å²) in [5, 5.41) is 5.84. The largest absolute Gasteiger partial charge is 0.488 e. The monoisotopic (exact) mass is 593 g/mol. The van der Waals surface area contributed by atoms with E-state index in [0.29, 0.717) is 44.7 Å². The lowest BCUT2D eigenvalue weighted by molar-refractivity contribution is 0.306. The van der Waals surface area contributed by atoms with Crippen molar-refractivity contribution in [2.45, 2.75) is 13.5 Å². The van der Waals surface area contributed by atoms with E-state index in [1.165, 1.54) is 4.68 Å². The first kappa shape index (κ1) is 23.0. The molecule has 0 aliphatic heterocycles. The van der Waals surface area contributed by atoms with Crippen molar-refractivity contribution in [1.82, 2.24) is 9.66 Å². The quantitative estimate of drug-likeness (QED) is 0.234. The average molecular weight is 596 g/mol. The maximum atomic E-state index is 13.0. The van der Waals surface area contributed by atoms with Gasteiger partial charge in [-0.05, 0) is 61.0 Å². The second-order valence-electron chi connectivity index (χ2n) is 6.90. The standard InChI is InChI=1S/C23H15Br2Cl2N3O2/c1-13-29-21-6-3-17(25)10-18(21)23(31)30(13)28-11-15-9-16(24)4-7-22(15)32-12-14-2-5-19(26)20(27)8-14/h2-11H,12H2,1H3. The van der Waals surface area contributed by atoms with Crippen molar-refractivity contribution >= 4 is 72.2 Å². The summed E-state index contributed by atoms with van der Waals surface area (Å²) in [7, 11) is 0. The molecule has 0 N–H and O–H groups in total. The Balaban J connectivity index is 1.66. The second kappa shape index (κ2) is 9.75. The third-order valence-corrected chi connectivity index (χ3v) is 6.36. The molecule has 4 aromatic rings. The molecular formula is C23H15Br2Cl2N3O2. The minimum absolute atomic E-state index is 0.252. The normalized spacial score (nSPS) is 11.4. The Labute approximate surface area is 210 Å². The highest BCUT2D eigenvalue weighted by molar-refractivity contribution is 9.10. The summed E-state index contributed by atoms with van der Waals surface area (Å²) < 4.78 is 8.91. The Bertz CT molecular complexity index is 1420. The lowest BCUT2D eigenvalue weighted by Gasteiger charge is -2.11. The molecule has 1 heterocycles. The summed E-state index contributed by atoms with van der Waals surface area (Å²) in [6.45, 7) is 2.03. The minimum Gasteiger partial charge on any atom is -0.488 e. The molecule has 1 aromatic heterocycles. The van der Waals surface area contributed by atoms with Crippen molar-refractivity contribution in [2.75, 3.05) is 0 Å². The molecule has 0 aliphatic rings. The van der Waals surface area contributed by atoms with Crippen LogP contribution < -0.4 is 10.3 Å². The Morgan fingerprint density at radius 3 is 2.56 bits per heavy atom. The molecule has 0 bridgehead atoms. The van der Waals surface area contributed by atoms with Gasteiger partial charge in [0.05, 0.1) is 27.2 Å². The van der Waals surface area contributed by atoms with Crippen LogP contribution in [0.5, 0.6) is 5.75 Å². The van der Waals surface area contributed by atoms with Gasteiger partial charge in [0.15, 0.2) is 0 Å². The Hall–Kier alpha value is -2.19. The highest BCUT2D eigenvalue weighted by Crippen LogP contribution is 2.26. The fraction of sp³-hybridized carbons (Fsp3) is 0.0870. The van der Waals surface area contributed by atoms with Crippen LogP contribution in [0.4, 0.5) is 0 Å². The minimum atomic E-state index is -0.252. The van der Waals surface area contributed by atoms with E-state index in [0.717, 1.165) is 14.5 Å². The Kier molecular flexibility index (Phi) is 7.00. The molecule has 5 nitrogen and oxygen atoms in total. The maximum Gasteiger partial charge on any atom is 0.282 e. The van der Waals surface area contributed by atoms with Gasteiger partial charge in [-0.25, -0.2) is 4.98 Å². The number of rotatable bonds is 5. The smallest absolute Gasteiger partial charge is 0.282 e. The molecule has 0 aliphatic carbocycles. The van der Waals surface area contributed by atoms with Crippen molar-refractivity contribution in [3.05, 3.63) is 101 Å². The van der Waals surface area contributed by atoms with Crippen LogP contribution >= 0.6 is 55.1 Å². The summed E-state index contributed by atoms with van der Waals surface area (Å²) in [6.07, 6.45) is 1.58. The first-order chi connectivity index (χ1) is 15.3. The van der Waals surface area contributed by atoms with Gasteiger partial charge in [0.25, 0.3) is 5.56 Å². The average Bonchev–Trinajstić information content (AvgIpc) is 2.76. The summed E-state index contributed by atoms with van der Waals surface area (Å²) in [6, 6.07) is 16.3. The lowest BCUT2D eigenvalue weighted by atomic mass is 10.2. The summed E-state index contributed by atoms with van der Waals surface area (Å²) in [5.41, 5.74) is 1.94. The number of hydrogen-bond acceptors (Lipinski definition) is 4. The highest BCUT2D eigenvalue weighted by atomic mass is 79.9. The molecule has 162 valence electrons. The molecular weight excluding hydrogens is 581 g/mol. The number of halogens is 4. The van der Waals surface area contributed by atoms with Crippen molar-refractivity contribution in [1.29, 1.82) is 0 Å². The summed E-state index contributed by atoms with van der Waals surface area (Å²) in [5.74, 6) is 1.08. The van der Waals surface area contributed by atoms with Crippen LogP contribution in [0.3, 0.4) is 0 Å². The molecule has 0 spiro atoms. The predicted octanol–water partition coefficient (Wildman–Crippen LogP) is 7.00. The van der Waals surface area contributed by atoms with E-state index in [1.54, 1.807) is 37.4 Å². The van der Waals surface area contributed by atoms with Gasteiger partial charge in [0.1, 0.15) is 18.2 Å². The van der Waals surface area contributed by atoms with Crippen molar-refractivity contribution < 1.29 is 4.74 Å². The van der Waals surface area contributed by atoms with E-state index in [-0.39, 0.29) is 5.56 Å². The van der Waals surface area contributed by atoms with Crippen LogP contribution in [-0.4, -0.2) is 15.9 Å². The fourth-order valence-corrected chi connectivity index (χ4v) is 4.12. The molecule has 0 saturated carbocycles. The van der Waals surface area contributed by atoms with Crippen LogP contribution in [-0.2, 0) is 6.61 Å². The molecule has 4 rings (SSSR count). The molecule has 3 aromatic carbocycles. The van der Waals surface area contributed by atoms with E-state index in [1.807, 2.05) is 30.3 Å². The zero-order valence-corrected chi connectivity index (χ0v) is 21.3. The van der Waals surface area contributed by atoms with Crippen LogP contribution in [0.1, 0.15) is 17.0 Å². The zero-order valence-electron chi connectivity index (χ0n) is 16.7. The van der Waals surface area contributed by atoms with Crippen LogP contribution in [0, 0.1) is 6.92 Å². The van der Waals surface area contributed by atoms with E-state index in [2.05, 4.69) is 41.9 Å². The summed E-state index contributed by atoms with van der Waals surface area (Å²) >= 11 is 18.9. The first-order valence-corrected chi connectivity index (χ1v) is 11.8. The Morgan fingerprint density at radius 1 is 1.03 bits per heavy atom. The molecule has 0 amide bonds. The molecule has 0 atom stereocenters. The number of aromatic nitrogens is 2. The number of aryl methyl sites for hydroxylation is 1. The van der Waals surface area contributed by atoms with Gasteiger partial charge in [-0.15, -0.1) is 0 Å². The van der Waals surface area contributed by atoms with Gasteiger partial charge in [-0.3, -0.25) is 4.79 Å². The van der Waals surface area contributed by atoms with Crippen molar-refractivity contribution in [3.63, 3.8) is 0 Å². The SMILES string of the molecule is Cc1nc2ccc(Br)cc2c(=O)n1N=Cc1cc(Br)ccc1OCc1ccc(Cl)c(Cl)c1. The van der Waals surface area contributed by atoms with E-state index >= 15 is 0 Å². The number of nitrogens with zero attached hydrogens (tertiary/aromatic N) is 3. The maximum absolute atomic E-state index is 13.0. The zero-order chi connectivity index (χ0) is 22.8. The second-order valence-corrected chi connectivity index (χ2v) is 9.55. The van der Waals surface area contributed by atoms with Gasteiger partial charge in [-0.1, -0.05) is 61.1 Å². The van der Waals surface area contributed by atoms with Gasteiger partial charge in [0, 0.05) is 14.5 Å². The third kappa shape index (κ3) is 5.07. The molecule has 0 fully saturated rings. The summed E-state index contributed by atoms with van der Waals surface area (Å²) in [4.78, 5) is 17.5. The van der Waals surface area contributed by atoms with E-state index in [9.17, 15) is 4.79 Å². The van der Waals surface area contributed by atoms with Crippen molar-refractivity contribution in [3.8, 4) is 5.75 Å². The van der Waals surface area contributed by atoms with Gasteiger partial charge in [-0.2, -0.15) is 9.78 Å². The van der Waals surface area contributed by atoms with Crippen molar-refractivity contribution in [2.24, 2.45) is 5.10 Å². The molecule has 0 radical (unpaired) electrons. The molecule has 32 heavy (non-hydrogen) atoms. The van der Waals surface area contributed by atoms with E-state index < -0.39 is 0 Å². The number of hydrogen-bond donors (Lipinski definition) is 0. The molecule has 9 heteroatoms. The number of fused-ring (bicyclic) bond motifs is 1. The lowest BCUT2D eigenvalue weighted by Crippen LogP contribution is -2.20. The van der Waals surface area contributed by atoms with Gasteiger partial charge in [0.2, 0.25) is 0 Å². The Morgan fingerprint density at radius 2 is 1.78 bits per heavy atom. The number of benzene rings is 3. The first-order valence-electron chi connectivity index (χ1n) is 9.41. The fourth-order valence-electron chi connectivity index (χ4n) is 3.06. The van der Waals surface area contributed by atoms with Crippen LogP contribution in [0.25, 0.3) is 10.9 Å². The van der Waals surface area contributed by atoms with Gasteiger partial charge < -0.3 is 4.74 Å². The molecule has 0 saturated heterocycles.